The largest absolute Gasteiger partial charge is 0.297 e. The highest BCUT2D eigenvalue weighted by molar-refractivity contribution is 7.89. The monoisotopic (exact) mass is 451 g/mol. The minimum atomic E-state index is -3.61. The Morgan fingerprint density at radius 1 is 1.14 bits per heavy atom. The molecule has 0 aliphatic rings. The summed E-state index contributed by atoms with van der Waals surface area (Å²) in [4.78, 5) is 17.5. The summed E-state index contributed by atoms with van der Waals surface area (Å²) in [6.07, 6.45) is 0. The van der Waals surface area contributed by atoms with Crippen molar-refractivity contribution < 1.29 is 13.2 Å². The second kappa shape index (κ2) is 8.91. The number of hydrogen-bond acceptors (Lipinski definition) is 6. The molecule has 0 radical (unpaired) electrons. The van der Waals surface area contributed by atoms with Crippen LogP contribution >= 0.6 is 22.7 Å². The van der Waals surface area contributed by atoms with E-state index in [2.05, 4.69) is 10.3 Å². The molecular weight excluding hydrogens is 426 g/mol. The van der Waals surface area contributed by atoms with E-state index in [1.165, 1.54) is 22.7 Å². The normalized spacial score (nSPS) is 12.4. The summed E-state index contributed by atoms with van der Waals surface area (Å²) in [5.41, 5.74) is 0.662. The SMILES string of the molecule is CC(C)CN(CC(C)C)S(=O)(=O)c1ccc2nc(NC(=O)c3cccs3)sc2c1. The van der Waals surface area contributed by atoms with E-state index >= 15 is 0 Å². The molecule has 6 nitrogen and oxygen atoms in total. The third-order valence-electron chi connectivity index (χ3n) is 4.10. The quantitative estimate of drug-likeness (QED) is 0.528. The number of carbonyl (C=O) groups excluding carboxylic acids is 1. The fourth-order valence-corrected chi connectivity index (χ4v) is 6.31. The van der Waals surface area contributed by atoms with Crippen LogP contribution in [-0.4, -0.2) is 36.7 Å². The molecule has 0 bridgehead atoms. The molecule has 3 rings (SSSR count). The highest BCUT2D eigenvalue weighted by atomic mass is 32.2. The Morgan fingerprint density at radius 3 is 2.41 bits per heavy atom. The van der Waals surface area contributed by atoms with Crippen molar-refractivity contribution in [1.82, 2.24) is 9.29 Å². The Balaban J connectivity index is 1.88. The molecule has 1 amide bonds. The average Bonchev–Trinajstić information content (AvgIpc) is 3.29. The lowest BCUT2D eigenvalue weighted by Gasteiger charge is -2.25. The summed E-state index contributed by atoms with van der Waals surface area (Å²) in [5.74, 6) is 0.247. The Kier molecular flexibility index (Phi) is 6.72. The first-order valence-corrected chi connectivity index (χ1v) is 12.6. The maximum atomic E-state index is 13.2. The van der Waals surface area contributed by atoms with E-state index < -0.39 is 10.0 Å². The second-order valence-electron chi connectivity index (χ2n) is 7.69. The molecule has 0 atom stereocenters. The van der Waals surface area contributed by atoms with Crippen molar-refractivity contribution in [2.75, 3.05) is 18.4 Å². The minimum Gasteiger partial charge on any atom is -0.297 e. The van der Waals surface area contributed by atoms with Gasteiger partial charge in [-0.1, -0.05) is 45.1 Å². The Morgan fingerprint density at radius 2 is 1.83 bits per heavy atom. The molecule has 1 aromatic carbocycles. The van der Waals surface area contributed by atoms with Crippen LogP contribution in [0, 0.1) is 11.8 Å². The van der Waals surface area contributed by atoms with Gasteiger partial charge in [0.25, 0.3) is 5.91 Å². The average molecular weight is 452 g/mol. The molecule has 9 heteroatoms. The molecule has 2 aromatic heterocycles. The molecule has 3 aromatic rings. The standard InChI is InChI=1S/C20H25N3O3S3/c1-13(2)11-23(12-14(3)4)29(25,26)15-7-8-16-18(10-15)28-20(21-16)22-19(24)17-6-5-9-27-17/h5-10,13-14H,11-12H2,1-4H3,(H,21,22,24). The van der Waals surface area contributed by atoms with E-state index in [0.717, 1.165) is 4.70 Å². The third kappa shape index (κ3) is 5.22. The van der Waals surface area contributed by atoms with Gasteiger partial charge in [-0.15, -0.1) is 11.3 Å². The lowest BCUT2D eigenvalue weighted by atomic mass is 10.2. The second-order valence-corrected chi connectivity index (χ2v) is 11.6. The number of thiazole rings is 1. The first-order chi connectivity index (χ1) is 13.7. The van der Waals surface area contributed by atoms with Crippen molar-refractivity contribution in [2.24, 2.45) is 11.8 Å². The highest BCUT2D eigenvalue weighted by Crippen LogP contribution is 2.30. The summed E-state index contributed by atoms with van der Waals surface area (Å²) in [5, 5.41) is 5.08. The van der Waals surface area contributed by atoms with Crippen LogP contribution < -0.4 is 5.32 Å². The third-order valence-corrected chi connectivity index (χ3v) is 7.73. The molecule has 0 aliphatic carbocycles. The smallest absolute Gasteiger partial charge is 0.267 e. The van der Waals surface area contributed by atoms with Crippen LogP contribution in [-0.2, 0) is 10.0 Å². The zero-order valence-corrected chi connectivity index (χ0v) is 19.3. The topological polar surface area (TPSA) is 79.4 Å². The van der Waals surface area contributed by atoms with Crippen LogP contribution in [0.3, 0.4) is 0 Å². The van der Waals surface area contributed by atoms with Gasteiger partial charge in [0.1, 0.15) is 0 Å². The van der Waals surface area contributed by atoms with Gasteiger partial charge in [0.2, 0.25) is 10.0 Å². The Labute approximate surface area is 179 Å². The summed E-state index contributed by atoms with van der Waals surface area (Å²) in [6.45, 7) is 9.00. The molecule has 2 heterocycles. The lowest BCUT2D eigenvalue weighted by molar-refractivity contribution is 0.103. The van der Waals surface area contributed by atoms with Gasteiger partial charge in [0.05, 0.1) is 20.0 Å². The lowest BCUT2D eigenvalue weighted by Crippen LogP contribution is -2.37. The van der Waals surface area contributed by atoms with E-state index in [0.29, 0.717) is 28.6 Å². The molecule has 156 valence electrons. The number of amides is 1. The van der Waals surface area contributed by atoms with E-state index in [4.69, 9.17) is 0 Å². The number of aromatic nitrogens is 1. The summed E-state index contributed by atoms with van der Waals surface area (Å²) >= 11 is 2.63. The van der Waals surface area contributed by atoms with Crippen LogP contribution in [0.25, 0.3) is 10.2 Å². The zero-order chi connectivity index (χ0) is 21.2. The first kappa shape index (κ1) is 21.9. The van der Waals surface area contributed by atoms with E-state index in [1.807, 2.05) is 39.1 Å². The molecule has 0 spiro atoms. The van der Waals surface area contributed by atoms with Crippen molar-refractivity contribution in [3.63, 3.8) is 0 Å². The number of nitrogens with zero attached hydrogens (tertiary/aromatic N) is 2. The van der Waals surface area contributed by atoms with Gasteiger partial charge >= 0.3 is 0 Å². The number of carbonyl (C=O) groups is 1. The summed E-state index contributed by atoms with van der Waals surface area (Å²) < 4.78 is 28.7. The fourth-order valence-electron chi connectivity index (χ4n) is 2.92. The van der Waals surface area contributed by atoms with Gasteiger partial charge in [0, 0.05) is 13.1 Å². The molecule has 1 N–H and O–H groups in total. The number of anilines is 1. The summed E-state index contributed by atoms with van der Waals surface area (Å²) in [6, 6.07) is 8.50. The summed E-state index contributed by atoms with van der Waals surface area (Å²) in [7, 11) is -3.61. The molecule has 0 saturated heterocycles. The fraction of sp³-hybridized carbons (Fsp3) is 0.400. The van der Waals surface area contributed by atoms with E-state index in [9.17, 15) is 13.2 Å². The number of benzene rings is 1. The van der Waals surface area contributed by atoms with Crippen LogP contribution in [0.5, 0.6) is 0 Å². The predicted molar refractivity (Wildman–Crippen MR) is 120 cm³/mol. The van der Waals surface area contributed by atoms with Crippen LogP contribution in [0.15, 0.2) is 40.6 Å². The maximum Gasteiger partial charge on any atom is 0.267 e. The number of rotatable bonds is 8. The highest BCUT2D eigenvalue weighted by Gasteiger charge is 2.26. The van der Waals surface area contributed by atoms with Crippen molar-refractivity contribution in [3.8, 4) is 0 Å². The maximum absolute atomic E-state index is 13.2. The van der Waals surface area contributed by atoms with Gasteiger partial charge in [-0.3, -0.25) is 10.1 Å². The minimum absolute atomic E-state index is 0.216. The number of hydrogen-bond donors (Lipinski definition) is 1. The Bertz CT molecular complexity index is 1080. The number of fused-ring (bicyclic) bond motifs is 1. The molecule has 0 saturated carbocycles. The van der Waals surface area contributed by atoms with Gasteiger partial charge in [0.15, 0.2) is 5.13 Å². The van der Waals surface area contributed by atoms with Crippen molar-refractivity contribution in [2.45, 2.75) is 32.6 Å². The predicted octanol–water partition coefficient (Wildman–Crippen LogP) is 4.91. The first-order valence-electron chi connectivity index (χ1n) is 9.42. The molecule has 0 fully saturated rings. The molecular formula is C20H25N3O3S3. The molecule has 0 aliphatic heterocycles. The zero-order valence-electron chi connectivity index (χ0n) is 16.9. The van der Waals surface area contributed by atoms with Crippen molar-refractivity contribution in [3.05, 3.63) is 40.6 Å². The van der Waals surface area contributed by atoms with Gasteiger partial charge in [-0.2, -0.15) is 4.31 Å². The van der Waals surface area contributed by atoms with Crippen LogP contribution in [0.2, 0.25) is 0 Å². The molecule has 29 heavy (non-hydrogen) atoms. The van der Waals surface area contributed by atoms with Crippen molar-refractivity contribution in [1.29, 1.82) is 0 Å². The van der Waals surface area contributed by atoms with Crippen LogP contribution in [0.4, 0.5) is 5.13 Å². The number of nitrogens with one attached hydrogen (secondary N) is 1. The van der Waals surface area contributed by atoms with Crippen molar-refractivity contribution >= 4 is 54.0 Å². The number of sulfonamides is 1. The van der Waals surface area contributed by atoms with Gasteiger partial charge < -0.3 is 0 Å². The van der Waals surface area contributed by atoms with Gasteiger partial charge in [-0.05, 0) is 41.5 Å². The van der Waals surface area contributed by atoms with E-state index in [-0.39, 0.29) is 22.6 Å². The Hall–Kier alpha value is -1.81. The van der Waals surface area contributed by atoms with Gasteiger partial charge in [-0.25, -0.2) is 13.4 Å². The van der Waals surface area contributed by atoms with Crippen LogP contribution in [0.1, 0.15) is 37.4 Å². The van der Waals surface area contributed by atoms with E-state index in [1.54, 1.807) is 28.6 Å². The number of thiophene rings is 1. The molecule has 0 unspecified atom stereocenters.